The van der Waals surface area contributed by atoms with Gasteiger partial charge < -0.3 is 10.1 Å². The van der Waals surface area contributed by atoms with E-state index in [1.54, 1.807) is 17.7 Å². The van der Waals surface area contributed by atoms with E-state index < -0.39 is 0 Å². The fraction of sp³-hybridized carbons (Fsp3) is 0.278. The van der Waals surface area contributed by atoms with Gasteiger partial charge in [-0.05, 0) is 54.0 Å². The molecule has 1 atom stereocenters. The van der Waals surface area contributed by atoms with Gasteiger partial charge in [0.15, 0.2) is 0 Å². The number of hydrogen-bond acceptors (Lipinski definition) is 6. The third kappa shape index (κ3) is 2.53. The predicted molar refractivity (Wildman–Crippen MR) is 94.8 cm³/mol. The topological polar surface area (TPSA) is 64.1 Å². The second kappa shape index (κ2) is 5.87. The van der Waals surface area contributed by atoms with Crippen LogP contribution in [-0.4, -0.2) is 29.1 Å². The Hall–Kier alpha value is -2.47. The van der Waals surface area contributed by atoms with Gasteiger partial charge in [-0.3, -0.25) is 0 Å². The average Bonchev–Trinajstić information content (AvgIpc) is 3.17. The highest BCUT2D eigenvalue weighted by Gasteiger charge is 2.24. The molecular weight excluding hydrogens is 322 g/mol. The Balaban J connectivity index is 1.58. The van der Waals surface area contributed by atoms with E-state index in [9.17, 15) is 4.79 Å². The van der Waals surface area contributed by atoms with Crippen molar-refractivity contribution >= 4 is 33.3 Å². The number of esters is 1. The molecule has 0 saturated heterocycles. The standard InChI is InChI=1S/C18H17N3O2S/c1-10-8-24-17-15(10)16(19-9-20-17)21-14-6-11-3-4-12(18(22)23-2)5-13(11)7-14/h3-5,8-9,14H,6-7H2,1-2H3,(H,19,20,21). The summed E-state index contributed by atoms with van der Waals surface area (Å²) in [5, 5.41) is 6.77. The summed E-state index contributed by atoms with van der Waals surface area (Å²) in [7, 11) is 1.41. The summed E-state index contributed by atoms with van der Waals surface area (Å²) in [6.45, 7) is 2.08. The van der Waals surface area contributed by atoms with Crippen molar-refractivity contribution in [2.75, 3.05) is 12.4 Å². The minimum Gasteiger partial charge on any atom is -0.465 e. The molecule has 122 valence electrons. The molecule has 1 unspecified atom stereocenters. The Morgan fingerprint density at radius 3 is 2.96 bits per heavy atom. The zero-order valence-corrected chi connectivity index (χ0v) is 14.3. The van der Waals surface area contributed by atoms with Crippen molar-refractivity contribution < 1.29 is 9.53 Å². The van der Waals surface area contributed by atoms with E-state index in [1.807, 2.05) is 18.2 Å². The number of carbonyl (C=O) groups excluding carboxylic acids is 1. The molecule has 3 aromatic rings. The van der Waals surface area contributed by atoms with Crippen molar-refractivity contribution in [1.29, 1.82) is 0 Å². The number of anilines is 1. The molecule has 0 fully saturated rings. The Bertz CT molecular complexity index is 935. The van der Waals surface area contributed by atoms with Crippen molar-refractivity contribution in [3.8, 4) is 0 Å². The van der Waals surface area contributed by atoms with Crippen LogP contribution < -0.4 is 5.32 Å². The molecule has 0 bridgehead atoms. The summed E-state index contributed by atoms with van der Waals surface area (Å²) in [4.78, 5) is 21.5. The summed E-state index contributed by atoms with van der Waals surface area (Å²) in [5.41, 5.74) is 4.27. The summed E-state index contributed by atoms with van der Waals surface area (Å²) in [6, 6.07) is 6.06. The minimum absolute atomic E-state index is 0.269. The summed E-state index contributed by atoms with van der Waals surface area (Å²) >= 11 is 1.64. The highest BCUT2D eigenvalue weighted by Crippen LogP contribution is 2.31. The molecule has 5 nitrogen and oxygen atoms in total. The molecule has 1 aromatic carbocycles. The molecule has 0 aliphatic heterocycles. The first-order valence-electron chi connectivity index (χ1n) is 7.81. The number of ether oxygens (including phenoxy) is 1. The van der Waals surface area contributed by atoms with Gasteiger partial charge in [0, 0.05) is 6.04 Å². The quantitative estimate of drug-likeness (QED) is 0.741. The highest BCUT2D eigenvalue weighted by molar-refractivity contribution is 7.17. The molecule has 2 aromatic heterocycles. The van der Waals surface area contributed by atoms with Crippen molar-refractivity contribution in [3.05, 3.63) is 52.2 Å². The van der Waals surface area contributed by atoms with Crippen molar-refractivity contribution in [2.24, 2.45) is 0 Å². The number of hydrogen-bond donors (Lipinski definition) is 1. The van der Waals surface area contributed by atoms with Crippen LogP contribution in [0.1, 0.15) is 27.0 Å². The molecule has 1 N–H and O–H groups in total. The lowest BCUT2D eigenvalue weighted by Crippen LogP contribution is -2.20. The zero-order chi connectivity index (χ0) is 16.7. The van der Waals surface area contributed by atoms with E-state index in [0.29, 0.717) is 5.56 Å². The van der Waals surface area contributed by atoms with Crippen LogP contribution >= 0.6 is 11.3 Å². The highest BCUT2D eigenvalue weighted by atomic mass is 32.1. The average molecular weight is 339 g/mol. The molecule has 4 rings (SSSR count). The van der Waals surface area contributed by atoms with Gasteiger partial charge in [0.05, 0.1) is 18.1 Å². The van der Waals surface area contributed by atoms with Crippen molar-refractivity contribution in [3.63, 3.8) is 0 Å². The van der Waals surface area contributed by atoms with E-state index in [0.717, 1.165) is 28.9 Å². The Morgan fingerprint density at radius 2 is 2.12 bits per heavy atom. The van der Waals surface area contributed by atoms with E-state index in [2.05, 4.69) is 27.6 Å². The van der Waals surface area contributed by atoms with Crippen LogP contribution in [0.25, 0.3) is 10.2 Å². The maximum Gasteiger partial charge on any atom is 0.337 e. The maximum atomic E-state index is 11.7. The van der Waals surface area contributed by atoms with Gasteiger partial charge in [0.2, 0.25) is 0 Å². The monoisotopic (exact) mass is 339 g/mol. The number of nitrogens with zero attached hydrogens (tertiary/aromatic N) is 2. The van der Waals surface area contributed by atoms with E-state index in [4.69, 9.17) is 4.74 Å². The van der Waals surface area contributed by atoms with Crippen LogP contribution in [0, 0.1) is 6.92 Å². The van der Waals surface area contributed by atoms with Crippen molar-refractivity contribution in [1.82, 2.24) is 9.97 Å². The fourth-order valence-electron chi connectivity index (χ4n) is 3.29. The summed E-state index contributed by atoms with van der Waals surface area (Å²) in [5.74, 6) is 0.602. The lowest BCUT2D eigenvalue weighted by Gasteiger charge is -2.13. The van der Waals surface area contributed by atoms with E-state index >= 15 is 0 Å². The molecule has 0 amide bonds. The van der Waals surface area contributed by atoms with Gasteiger partial charge >= 0.3 is 5.97 Å². The number of thiophene rings is 1. The largest absolute Gasteiger partial charge is 0.465 e. The minimum atomic E-state index is -0.291. The third-order valence-corrected chi connectivity index (χ3v) is 5.46. The third-order valence-electron chi connectivity index (χ3n) is 4.45. The summed E-state index contributed by atoms with van der Waals surface area (Å²) in [6.07, 6.45) is 3.40. The first kappa shape index (κ1) is 15.1. The molecule has 2 heterocycles. The molecule has 0 radical (unpaired) electrons. The molecular formula is C18H17N3O2S. The lowest BCUT2D eigenvalue weighted by molar-refractivity contribution is 0.0600. The Labute approximate surface area is 143 Å². The Kier molecular flexibility index (Phi) is 3.69. The van der Waals surface area contributed by atoms with Gasteiger partial charge in [-0.1, -0.05) is 6.07 Å². The van der Waals surface area contributed by atoms with Crippen LogP contribution in [-0.2, 0) is 17.6 Å². The maximum absolute atomic E-state index is 11.7. The van der Waals surface area contributed by atoms with Crippen LogP contribution in [0.15, 0.2) is 29.9 Å². The van der Waals surface area contributed by atoms with Crippen molar-refractivity contribution in [2.45, 2.75) is 25.8 Å². The number of carbonyl (C=O) groups is 1. The van der Waals surface area contributed by atoms with Crippen LogP contribution in [0.5, 0.6) is 0 Å². The molecule has 1 aliphatic carbocycles. The first-order valence-corrected chi connectivity index (χ1v) is 8.69. The van der Waals surface area contributed by atoms with Gasteiger partial charge in [-0.15, -0.1) is 11.3 Å². The van der Waals surface area contributed by atoms with Crippen LogP contribution in [0.4, 0.5) is 5.82 Å². The second-order valence-corrected chi connectivity index (χ2v) is 6.90. The van der Waals surface area contributed by atoms with Gasteiger partial charge in [0.25, 0.3) is 0 Å². The SMILES string of the molecule is COC(=O)c1ccc2c(c1)CC(Nc1ncnc3scc(C)c13)C2. The Morgan fingerprint density at radius 1 is 1.29 bits per heavy atom. The lowest BCUT2D eigenvalue weighted by atomic mass is 10.1. The van der Waals surface area contributed by atoms with E-state index in [1.165, 1.54) is 23.8 Å². The zero-order valence-electron chi connectivity index (χ0n) is 13.5. The number of nitrogens with one attached hydrogen (secondary N) is 1. The van der Waals surface area contributed by atoms with Crippen LogP contribution in [0.3, 0.4) is 0 Å². The van der Waals surface area contributed by atoms with Gasteiger partial charge in [-0.25, -0.2) is 14.8 Å². The number of benzene rings is 1. The van der Waals surface area contributed by atoms with Gasteiger partial charge in [0.1, 0.15) is 17.0 Å². The normalized spacial score (nSPS) is 16.2. The summed E-state index contributed by atoms with van der Waals surface area (Å²) < 4.78 is 4.80. The smallest absolute Gasteiger partial charge is 0.337 e. The predicted octanol–water partition coefficient (Wildman–Crippen LogP) is 3.37. The fourth-order valence-corrected chi connectivity index (χ4v) is 4.17. The molecule has 0 saturated carbocycles. The number of aryl methyl sites for hydroxylation is 1. The van der Waals surface area contributed by atoms with Crippen LogP contribution in [0.2, 0.25) is 0 Å². The molecule has 6 heteroatoms. The first-order chi connectivity index (χ1) is 11.7. The number of methoxy groups -OCH3 is 1. The van der Waals surface area contributed by atoms with E-state index in [-0.39, 0.29) is 12.0 Å². The molecule has 1 aliphatic rings. The number of rotatable bonds is 3. The number of aromatic nitrogens is 2. The molecule has 24 heavy (non-hydrogen) atoms. The number of fused-ring (bicyclic) bond motifs is 2. The molecule has 0 spiro atoms. The second-order valence-electron chi connectivity index (χ2n) is 6.05. The van der Waals surface area contributed by atoms with Gasteiger partial charge in [-0.2, -0.15) is 0 Å².